The van der Waals surface area contributed by atoms with Crippen molar-refractivity contribution in [2.75, 3.05) is 0 Å². The first-order valence-corrected chi connectivity index (χ1v) is 10.9. The van der Waals surface area contributed by atoms with E-state index in [0.29, 0.717) is 17.9 Å². The summed E-state index contributed by atoms with van der Waals surface area (Å²) >= 11 is 0. The molecule has 0 aliphatic heterocycles. The summed E-state index contributed by atoms with van der Waals surface area (Å²) in [6.45, 7) is 2.32. The third kappa shape index (κ3) is 5.74. The van der Waals surface area contributed by atoms with Crippen molar-refractivity contribution >= 4 is 11.6 Å². The van der Waals surface area contributed by atoms with Gasteiger partial charge < -0.3 is 4.74 Å². The van der Waals surface area contributed by atoms with Crippen LogP contribution in [0, 0.1) is 0 Å². The standard InChI is InChI=1S/C29H26N2O2/c1-22(28(24-15-7-3-8-16-24)25-17-9-4-10-18-25)30-31-29(32)26-19-11-12-20-27(26)33-21-23-13-5-2-6-14-23/h2-20,28H,21H2,1H3,(H,31,32)/b30-22+. The molecule has 0 atom stereocenters. The van der Waals surface area contributed by atoms with Gasteiger partial charge in [0, 0.05) is 11.6 Å². The first-order valence-electron chi connectivity index (χ1n) is 10.9. The third-order valence-electron chi connectivity index (χ3n) is 5.39. The van der Waals surface area contributed by atoms with Gasteiger partial charge in [0.1, 0.15) is 12.4 Å². The number of carbonyl (C=O) groups excluding carboxylic acids is 1. The van der Waals surface area contributed by atoms with Crippen LogP contribution in [-0.4, -0.2) is 11.6 Å². The molecule has 1 amide bonds. The summed E-state index contributed by atoms with van der Waals surface area (Å²) in [5.74, 6) is 0.157. The second-order valence-electron chi connectivity index (χ2n) is 7.72. The minimum atomic E-state index is -0.308. The van der Waals surface area contributed by atoms with Crippen LogP contribution >= 0.6 is 0 Å². The quantitative estimate of drug-likeness (QED) is 0.265. The predicted octanol–water partition coefficient (Wildman–Crippen LogP) is 6.20. The lowest BCUT2D eigenvalue weighted by Gasteiger charge is -2.18. The van der Waals surface area contributed by atoms with Gasteiger partial charge in [-0.3, -0.25) is 4.79 Å². The molecule has 4 rings (SSSR count). The molecule has 0 fully saturated rings. The van der Waals surface area contributed by atoms with E-state index in [2.05, 4.69) is 34.8 Å². The van der Waals surface area contributed by atoms with Crippen LogP contribution in [-0.2, 0) is 6.61 Å². The van der Waals surface area contributed by atoms with Crippen molar-refractivity contribution in [2.24, 2.45) is 5.10 Å². The first kappa shape index (κ1) is 22.0. The van der Waals surface area contributed by atoms with Gasteiger partial charge in [-0.1, -0.05) is 103 Å². The van der Waals surface area contributed by atoms with Gasteiger partial charge in [0.15, 0.2) is 0 Å². The number of hydrazone groups is 1. The second kappa shape index (κ2) is 10.9. The lowest BCUT2D eigenvalue weighted by molar-refractivity contribution is 0.0950. The maximum absolute atomic E-state index is 13.0. The average molecular weight is 435 g/mol. The zero-order valence-corrected chi connectivity index (χ0v) is 18.5. The Hall–Kier alpha value is -4.18. The van der Waals surface area contributed by atoms with Gasteiger partial charge in [0.05, 0.1) is 5.56 Å². The lowest BCUT2D eigenvalue weighted by Crippen LogP contribution is -2.22. The van der Waals surface area contributed by atoms with Gasteiger partial charge in [-0.05, 0) is 35.7 Å². The molecule has 0 saturated heterocycles. The van der Waals surface area contributed by atoms with Gasteiger partial charge in [0.25, 0.3) is 5.91 Å². The zero-order chi connectivity index (χ0) is 22.9. The fourth-order valence-electron chi connectivity index (χ4n) is 3.74. The van der Waals surface area contributed by atoms with Gasteiger partial charge in [-0.25, -0.2) is 5.43 Å². The molecule has 0 aliphatic carbocycles. The van der Waals surface area contributed by atoms with Crippen LogP contribution in [0.1, 0.15) is 39.9 Å². The minimum Gasteiger partial charge on any atom is -0.488 e. The van der Waals surface area contributed by atoms with E-state index < -0.39 is 0 Å². The van der Waals surface area contributed by atoms with Crippen LogP contribution in [0.2, 0.25) is 0 Å². The number of para-hydroxylation sites is 1. The summed E-state index contributed by atoms with van der Waals surface area (Å²) in [5, 5.41) is 4.47. The van der Waals surface area contributed by atoms with E-state index in [9.17, 15) is 4.79 Å². The van der Waals surface area contributed by atoms with Crippen LogP contribution < -0.4 is 10.2 Å². The Bertz CT molecular complexity index is 1170. The highest BCUT2D eigenvalue weighted by atomic mass is 16.5. The molecular formula is C29H26N2O2. The van der Waals surface area contributed by atoms with Gasteiger partial charge in [-0.2, -0.15) is 5.10 Å². The number of benzene rings is 4. The van der Waals surface area contributed by atoms with E-state index in [1.165, 1.54) is 0 Å². The molecular weight excluding hydrogens is 408 g/mol. The molecule has 164 valence electrons. The Kier molecular flexibility index (Phi) is 7.29. The SMILES string of the molecule is C/C(=N\NC(=O)c1ccccc1OCc1ccccc1)C(c1ccccc1)c1ccccc1. The van der Waals surface area contributed by atoms with E-state index >= 15 is 0 Å². The number of amides is 1. The smallest absolute Gasteiger partial charge is 0.275 e. The molecule has 0 radical (unpaired) electrons. The maximum atomic E-state index is 13.0. The van der Waals surface area contributed by atoms with E-state index in [-0.39, 0.29) is 11.8 Å². The Labute approximate surface area is 194 Å². The summed E-state index contributed by atoms with van der Waals surface area (Å²) in [7, 11) is 0. The number of carbonyl (C=O) groups is 1. The van der Waals surface area contributed by atoms with E-state index in [1.54, 1.807) is 12.1 Å². The molecule has 4 nitrogen and oxygen atoms in total. The molecule has 0 aromatic heterocycles. The highest BCUT2D eigenvalue weighted by molar-refractivity contribution is 5.98. The zero-order valence-electron chi connectivity index (χ0n) is 18.5. The third-order valence-corrected chi connectivity index (χ3v) is 5.39. The van der Waals surface area contributed by atoms with E-state index in [4.69, 9.17) is 4.74 Å². The molecule has 33 heavy (non-hydrogen) atoms. The fraction of sp³-hybridized carbons (Fsp3) is 0.103. The number of ether oxygens (including phenoxy) is 1. The maximum Gasteiger partial charge on any atom is 0.275 e. The molecule has 4 aromatic rings. The number of rotatable bonds is 8. The predicted molar refractivity (Wildman–Crippen MR) is 133 cm³/mol. The van der Waals surface area contributed by atoms with Crippen molar-refractivity contribution in [2.45, 2.75) is 19.4 Å². The van der Waals surface area contributed by atoms with Crippen LogP contribution in [0.4, 0.5) is 0 Å². The summed E-state index contributed by atoms with van der Waals surface area (Å²) in [6.07, 6.45) is 0. The monoisotopic (exact) mass is 434 g/mol. The van der Waals surface area contributed by atoms with E-state index in [1.807, 2.05) is 85.8 Å². The van der Waals surface area contributed by atoms with Gasteiger partial charge >= 0.3 is 0 Å². The number of nitrogens with one attached hydrogen (secondary N) is 1. The summed E-state index contributed by atoms with van der Waals surface area (Å²) in [5.41, 5.74) is 7.24. The summed E-state index contributed by atoms with van der Waals surface area (Å²) < 4.78 is 5.93. The van der Waals surface area contributed by atoms with Crippen molar-refractivity contribution in [1.82, 2.24) is 5.43 Å². The van der Waals surface area contributed by atoms with Gasteiger partial charge in [-0.15, -0.1) is 0 Å². The minimum absolute atomic E-state index is 0.0581. The first-order chi connectivity index (χ1) is 16.2. The molecule has 0 heterocycles. The molecule has 4 heteroatoms. The Morgan fingerprint density at radius 3 is 1.88 bits per heavy atom. The fourth-order valence-corrected chi connectivity index (χ4v) is 3.74. The molecule has 1 N–H and O–H groups in total. The van der Waals surface area contributed by atoms with Crippen molar-refractivity contribution in [3.8, 4) is 5.75 Å². The Morgan fingerprint density at radius 1 is 0.758 bits per heavy atom. The largest absolute Gasteiger partial charge is 0.488 e. The van der Waals surface area contributed by atoms with Gasteiger partial charge in [0.2, 0.25) is 0 Å². The van der Waals surface area contributed by atoms with E-state index in [0.717, 1.165) is 22.4 Å². The van der Waals surface area contributed by atoms with Crippen molar-refractivity contribution < 1.29 is 9.53 Å². The molecule has 0 saturated carbocycles. The molecule has 0 unspecified atom stereocenters. The Morgan fingerprint density at radius 2 is 1.27 bits per heavy atom. The lowest BCUT2D eigenvalue weighted by atomic mass is 9.88. The second-order valence-corrected chi connectivity index (χ2v) is 7.72. The highest BCUT2D eigenvalue weighted by Crippen LogP contribution is 2.26. The molecule has 0 aliphatic rings. The van der Waals surface area contributed by atoms with Crippen molar-refractivity contribution in [3.63, 3.8) is 0 Å². The van der Waals surface area contributed by atoms with Crippen molar-refractivity contribution in [3.05, 3.63) is 138 Å². The number of hydrogen-bond donors (Lipinski definition) is 1. The molecule has 0 spiro atoms. The van der Waals surface area contributed by atoms with Crippen LogP contribution in [0.25, 0.3) is 0 Å². The average Bonchev–Trinajstić information content (AvgIpc) is 2.88. The normalized spacial score (nSPS) is 11.3. The molecule has 0 bridgehead atoms. The summed E-state index contributed by atoms with van der Waals surface area (Å²) in [6, 6.07) is 37.4. The van der Waals surface area contributed by atoms with Crippen molar-refractivity contribution in [1.29, 1.82) is 0 Å². The number of hydrogen-bond acceptors (Lipinski definition) is 3. The topological polar surface area (TPSA) is 50.7 Å². The summed E-state index contributed by atoms with van der Waals surface area (Å²) in [4.78, 5) is 13.0. The number of nitrogens with zero attached hydrogens (tertiary/aromatic N) is 1. The molecule has 4 aromatic carbocycles. The van der Waals surface area contributed by atoms with Crippen LogP contribution in [0.3, 0.4) is 0 Å². The Balaban J connectivity index is 1.53. The van der Waals surface area contributed by atoms with Crippen LogP contribution in [0.5, 0.6) is 5.75 Å². The van der Waals surface area contributed by atoms with Crippen LogP contribution in [0.15, 0.2) is 120 Å². The highest BCUT2D eigenvalue weighted by Gasteiger charge is 2.18.